The Morgan fingerprint density at radius 3 is 2.27 bits per heavy atom. The number of thiazole rings is 1. The Hall–Kier alpha value is -5.66. The summed E-state index contributed by atoms with van der Waals surface area (Å²) in [5, 5.41) is 10.00. The molecule has 6 nitrogen and oxygen atoms in total. The van der Waals surface area contributed by atoms with Gasteiger partial charge < -0.3 is 14.8 Å². The van der Waals surface area contributed by atoms with Crippen LogP contribution in [-0.4, -0.2) is 21.9 Å². The fourth-order valence-electron chi connectivity index (χ4n) is 6.46. The molecule has 0 fully saturated rings. The highest BCUT2D eigenvalue weighted by Gasteiger charge is 2.37. The summed E-state index contributed by atoms with van der Waals surface area (Å²) >= 11 is 1.71. The summed E-state index contributed by atoms with van der Waals surface area (Å²) in [5.41, 5.74) is 10.5. The lowest BCUT2D eigenvalue weighted by atomic mass is 9.80. The van der Waals surface area contributed by atoms with Gasteiger partial charge in [-0.3, -0.25) is 0 Å². The van der Waals surface area contributed by atoms with E-state index in [4.69, 9.17) is 19.6 Å². The topological polar surface area (TPSA) is 61.2 Å². The van der Waals surface area contributed by atoms with Crippen molar-refractivity contribution >= 4 is 38.6 Å². The number of benzene rings is 5. The van der Waals surface area contributed by atoms with Crippen molar-refractivity contribution in [2.45, 2.75) is 26.4 Å². The molecule has 7 heteroatoms. The van der Waals surface area contributed by atoms with E-state index in [0.29, 0.717) is 18.1 Å². The molecule has 1 unspecified atom stereocenters. The second kappa shape index (κ2) is 12.5. The Bertz CT molecular complexity index is 2240. The predicted octanol–water partition coefficient (Wildman–Crippen LogP) is 9.81. The monoisotopic (exact) mass is 646 g/mol. The number of nitrogens with one attached hydrogen (secondary N) is 1. The first-order valence-electron chi connectivity index (χ1n) is 16.0. The Morgan fingerprint density at radius 1 is 0.792 bits per heavy atom. The van der Waals surface area contributed by atoms with Crippen LogP contribution in [0.25, 0.3) is 27.2 Å². The molecule has 0 amide bonds. The third-order valence-corrected chi connectivity index (χ3v) is 9.89. The number of ether oxygens (including phenoxy) is 2. The van der Waals surface area contributed by atoms with Crippen LogP contribution in [-0.2, 0) is 6.61 Å². The number of rotatable bonds is 8. The zero-order valence-electron chi connectivity index (χ0n) is 27.0. The van der Waals surface area contributed by atoms with Gasteiger partial charge in [0, 0.05) is 17.1 Å². The molecule has 0 saturated heterocycles. The van der Waals surface area contributed by atoms with E-state index in [1.54, 1.807) is 18.4 Å². The summed E-state index contributed by atoms with van der Waals surface area (Å²) in [6.45, 7) is 4.62. The summed E-state index contributed by atoms with van der Waals surface area (Å²) in [7, 11) is 1.68. The van der Waals surface area contributed by atoms with Crippen LogP contribution in [0.1, 0.15) is 44.4 Å². The molecule has 8 rings (SSSR count). The van der Waals surface area contributed by atoms with Crippen molar-refractivity contribution in [3.8, 4) is 17.2 Å². The van der Waals surface area contributed by atoms with Crippen molar-refractivity contribution in [1.29, 1.82) is 0 Å². The average Bonchev–Trinajstić information content (AvgIpc) is 3.71. The maximum absolute atomic E-state index is 6.46. The van der Waals surface area contributed by atoms with Crippen molar-refractivity contribution in [2.75, 3.05) is 12.4 Å². The van der Waals surface area contributed by atoms with Gasteiger partial charge in [0.2, 0.25) is 0 Å². The predicted molar refractivity (Wildman–Crippen MR) is 195 cm³/mol. The smallest absolute Gasteiger partial charge is 0.161 e. The van der Waals surface area contributed by atoms with E-state index in [2.05, 4.69) is 110 Å². The van der Waals surface area contributed by atoms with Gasteiger partial charge in [0.05, 0.1) is 34.4 Å². The Kier molecular flexibility index (Phi) is 7.74. The van der Waals surface area contributed by atoms with Crippen molar-refractivity contribution in [1.82, 2.24) is 14.8 Å². The molecule has 48 heavy (non-hydrogen) atoms. The van der Waals surface area contributed by atoms with Gasteiger partial charge in [-0.05, 0) is 66.9 Å². The average molecular weight is 647 g/mol. The number of hydrogen-bond donors (Lipinski definition) is 1. The molecule has 0 radical (unpaired) electrons. The van der Waals surface area contributed by atoms with E-state index in [-0.39, 0.29) is 5.92 Å². The normalized spacial score (nSPS) is 14.1. The second-order valence-electron chi connectivity index (χ2n) is 12.0. The fourth-order valence-corrected chi connectivity index (χ4v) is 7.50. The lowest BCUT2D eigenvalue weighted by Gasteiger charge is -2.31. The number of methoxy groups -OCH3 is 1. The second-order valence-corrected chi connectivity index (χ2v) is 13.0. The zero-order valence-corrected chi connectivity index (χ0v) is 27.8. The quantitative estimate of drug-likeness (QED) is 0.178. The molecule has 1 N–H and O–H groups in total. The van der Waals surface area contributed by atoms with Crippen LogP contribution >= 0.6 is 11.3 Å². The van der Waals surface area contributed by atoms with Crippen LogP contribution in [0.2, 0.25) is 0 Å². The molecule has 0 spiro atoms. The Morgan fingerprint density at radius 2 is 1.52 bits per heavy atom. The van der Waals surface area contributed by atoms with E-state index < -0.39 is 0 Å². The minimum absolute atomic E-state index is 0.207. The Labute approximate surface area is 284 Å². The van der Waals surface area contributed by atoms with Crippen molar-refractivity contribution in [3.05, 3.63) is 166 Å². The summed E-state index contributed by atoms with van der Waals surface area (Å²) in [6.07, 6.45) is 0. The number of allylic oxidation sites excluding steroid dienone is 1. The first kappa shape index (κ1) is 29.7. The first-order chi connectivity index (χ1) is 23.6. The molecule has 0 aliphatic carbocycles. The molecule has 3 heterocycles. The van der Waals surface area contributed by atoms with Crippen LogP contribution in [0.15, 0.2) is 127 Å². The highest BCUT2D eigenvalue weighted by Crippen LogP contribution is 2.52. The largest absolute Gasteiger partial charge is 0.493 e. The van der Waals surface area contributed by atoms with Crippen molar-refractivity contribution in [3.63, 3.8) is 0 Å². The van der Waals surface area contributed by atoms with Crippen LogP contribution in [0.5, 0.6) is 11.5 Å². The van der Waals surface area contributed by atoms with Gasteiger partial charge in [-0.25, -0.2) is 9.67 Å². The number of para-hydroxylation sites is 1. The Balaban J connectivity index is 1.38. The van der Waals surface area contributed by atoms with E-state index >= 15 is 0 Å². The fraction of sp³-hybridized carbons (Fsp3) is 0.122. The maximum Gasteiger partial charge on any atom is 0.161 e. The standard InChI is InChI=1S/C41H34N4O2S/c1-26-18-21-31(22-19-26)45-40-36(27(2)44-45)37(30-20-23-33(46-3)34(24-30)47-25-28-12-6-4-7-13-28)38(39(43-40)29-14-8-5-9-15-29)41-42-32-16-10-11-17-35(32)48-41/h4-24,37,43H,25H2,1-3H3. The molecule has 5 aromatic carbocycles. The molecule has 1 atom stereocenters. The summed E-state index contributed by atoms with van der Waals surface area (Å²) < 4.78 is 15.4. The molecular weight excluding hydrogens is 613 g/mol. The highest BCUT2D eigenvalue weighted by atomic mass is 32.1. The molecule has 236 valence electrons. The van der Waals surface area contributed by atoms with E-state index in [1.807, 2.05) is 41.1 Å². The van der Waals surface area contributed by atoms with Gasteiger partial charge in [-0.15, -0.1) is 11.3 Å². The van der Waals surface area contributed by atoms with E-state index in [1.165, 1.54) is 5.56 Å². The molecule has 1 aliphatic rings. The van der Waals surface area contributed by atoms with Crippen LogP contribution in [0.4, 0.5) is 5.82 Å². The lowest BCUT2D eigenvalue weighted by Crippen LogP contribution is -2.19. The number of anilines is 1. The molecule has 2 aromatic heterocycles. The van der Waals surface area contributed by atoms with E-state index in [9.17, 15) is 0 Å². The molecule has 7 aromatic rings. The van der Waals surface area contributed by atoms with Crippen LogP contribution in [0, 0.1) is 13.8 Å². The molecule has 0 bridgehead atoms. The van der Waals surface area contributed by atoms with Gasteiger partial charge >= 0.3 is 0 Å². The number of fused-ring (bicyclic) bond motifs is 2. The summed E-state index contributed by atoms with van der Waals surface area (Å²) in [4.78, 5) is 5.23. The lowest BCUT2D eigenvalue weighted by molar-refractivity contribution is 0.284. The van der Waals surface area contributed by atoms with Gasteiger partial charge in [0.15, 0.2) is 11.5 Å². The SMILES string of the molecule is COc1ccc(C2C(c3nc4ccccc4s3)=C(c3ccccc3)Nc3c2c(C)nn3-c2ccc(C)cc2)cc1OCc1ccccc1. The highest BCUT2D eigenvalue weighted by molar-refractivity contribution is 7.19. The van der Waals surface area contributed by atoms with Gasteiger partial charge in [-0.1, -0.05) is 96.6 Å². The van der Waals surface area contributed by atoms with Crippen LogP contribution in [0.3, 0.4) is 0 Å². The first-order valence-corrected chi connectivity index (χ1v) is 16.8. The minimum atomic E-state index is -0.207. The maximum atomic E-state index is 6.46. The number of aryl methyl sites for hydroxylation is 2. The summed E-state index contributed by atoms with van der Waals surface area (Å²) in [5.74, 6) is 2.10. The zero-order chi connectivity index (χ0) is 32.6. The number of aromatic nitrogens is 3. The van der Waals surface area contributed by atoms with E-state index in [0.717, 1.165) is 65.9 Å². The van der Waals surface area contributed by atoms with Crippen molar-refractivity contribution < 1.29 is 9.47 Å². The van der Waals surface area contributed by atoms with Crippen molar-refractivity contribution in [2.24, 2.45) is 0 Å². The minimum Gasteiger partial charge on any atom is -0.493 e. The van der Waals surface area contributed by atoms with Gasteiger partial charge in [0.1, 0.15) is 17.4 Å². The number of hydrogen-bond acceptors (Lipinski definition) is 6. The van der Waals surface area contributed by atoms with Gasteiger partial charge in [0.25, 0.3) is 0 Å². The molecular formula is C41H34N4O2S. The van der Waals surface area contributed by atoms with Crippen LogP contribution < -0.4 is 14.8 Å². The molecule has 1 aliphatic heterocycles. The molecule has 0 saturated carbocycles. The summed E-state index contributed by atoms with van der Waals surface area (Å²) in [6, 6.07) is 43.8. The third-order valence-electron chi connectivity index (χ3n) is 8.82. The number of nitrogens with zero attached hydrogens (tertiary/aromatic N) is 3. The third kappa shape index (κ3) is 5.42. The van der Waals surface area contributed by atoms with Gasteiger partial charge in [-0.2, -0.15) is 5.10 Å².